The third kappa shape index (κ3) is 7.40. The van der Waals surface area contributed by atoms with E-state index < -0.39 is 0 Å². The minimum atomic E-state index is -0.173. The SMILES string of the molecule is CCCCCn1c(N2CCC[C@H]2C(=O)CCCCCCN2CCOCC2)cc(=O)n2cc(-c3ccc(Cl)cc3)nc12. The number of imidazole rings is 1. The van der Waals surface area contributed by atoms with Gasteiger partial charge in [0, 0.05) is 55.4 Å². The van der Waals surface area contributed by atoms with Crippen LogP contribution in [0.2, 0.25) is 5.02 Å². The summed E-state index contributed by atoms with van der Waals surface area (Å²) >= 11 is 6.10. The summed E-state index contributed by atoms with van der Waals surface area (Å²) < 4.78 is 9.23. The van der Waals surface area contributed by atoms with E-state index in [1.807, 2.05) is 30.5 Å². The van der Waals surface area contributed by atoms with E-state index in [0.717, 1.165) is 114 Å². The largest absolute Gasteiger partial charge is 0.379 e. The number of benzene rings is 1. The fourth-order valence-electron chi connectivity index (χ4n) is 6.17. The van der Waals surface area contributed by atoms with Gasteiger partial charge in [0.2, 0.25) is 5.78 Å². The molecule has 2 aliphatic heterocycles. The first-order valence-corrected chi connectivity index (χ1v) is 15.9. The molecule has 2 saturated heterocycles. The van der Waals surface area contributed by atoms with Crippen LogP contribution < -0.4 is 10.5 Å². The zero-order valence-electron chi connectivity index (χ0n) is 24.4. The number of carbonyl (C=O) groups excluding carboxylic acids is 1. The predicted octanol–water partition coefficient (Wildman–Crippen LogP) is 5.83. The monoisotopic (exact) mass is 581 g/mol. The summed E-state index contributed by atoms with van der Waals surface area (Å²) in [6, 6.07) is 9.06. The fraction of sp³-hybridized carbons (Fsp3) is 0.594. The van der Waals surface area contributed by atoms with E-state index in [-0.39, 0.29) is 11.6 Å². The number of rotatable bonds is 14. The summed E-state index contributed by atoms with van der Waals surface area (Å²) in [6.45, 7) is 8.60. The van der Waals surface area contributed by atoms with E-state index >= 15 is 0 Å². The third-order valence-electron chi connectivity index (χ3n) is 8.49. The number of fused-ring (bicyclic) bond motifs is 1. The quantitative estimate of drug-likeness (QED) is 0.223. The lowest BCUT2D eigenvalue weighted by Crippen LogP contribution is -2.39. The zero-order chi connectivity index (χ0) is 28.6. The van der Waals surface area contributed by atoms with Crippen molar-refractivity contribution in [1.29, 1.82) is 0 Å². The molecule has 0 unspecified atom stereocenters. The molecule has 1 aromatic carbocycles. The topological polar surface area (TPSA) is 72.1 Å². The first-order chi connectivity index (χ1) is 20.0. The van der Waals surface area contributed by atoms with Gasteiger partial charge in [-0.15, -0.1) is 0 Å². The number of Topliss-reactive ketones (excluding diaryl/α,β-unsaturated/α-hetero) is 1. The molecular weight excluding hydrogens is 538 g/mol. The van der Waals surface area contributed by atoms with Gasteiger partial charge in [-0.1, -0.05) is 56.3 Å². The van der Waals surface area contributed by atoms with Gasteiger partial charge >= 0.3 is 0 Å². The highest BCUT2D eigenvalue weighted by atomic mass is 35.5. The first-order valence-electron chi connectivity index (χ1n) is 15.5. The highest BCUT2D eigenvalue weighted by Crippen LogP contribution is 2.29. The van der Waals surface area contributed by atoms with Crippen molar-refractivity contribution >= 4 is 29.0 Å². The Morgan fingerprint density at radius 2 is 1.76 bits per heavy atom. The van der Waals surface area contributed by atoms with E-state index in [9.17, 15) is 9.59 Å². The number of hydrogen-bond donors (Lipinski definition) is 0. The number of carbonyl (C=O) groups is 1. The highest BCUT2D eigenvalue weighted by molar-refractivity contribution is 6.30. The third-order valence-corrected chi connectivity index (χ3v) is 8.74. The van der Waals surface area contributed by atoms with Crippen molar-refractivity contribution in [2.75, 3.05) is 44.3 Å². The number of halogens is 1. The molecule has 2 fully saturated rings. The number of hydrogen-bond acceptors (Lipinski definition) is 6. The molecule has 0 aliphatic carbocycles. The van der Waals surface area contributed by atoms with Gasteiger partial charge in [-0.05, 0) is 50.8 Å². The molecule has 1 atom stereocenters. The molecule has 8 nitrogen and oxygen atoms in total. The minimum Gasteiger partial charge on any atom is -0.379 e. The van der Waals surface area contributed by atoms with Crippen molar-refractivity contribution in [3.05, 3.63) is 51.9 Å². The Morgan fingerprint density at radius 3 is 2.54 bits per heavy atom. The van der Waals surface area contributed by atoms with Crippen LogP contribution >= 0.6 is 11.6 Å². The van der Waals surface area contributed by atoms with Gasteiger partial charge in [-0.3, -0.25) is 23.5 Å². The van der Waals surface area contributed by atoms with Gasteiger partial charge in [-0.2, -0.15) is 0 Å². The number of aryl methyl sites for hydroxylation is 1. The van der Waals surface area contributed by atoms with E-state index in [1.54, 1.807) is 10.5 Å². The Balaban J connectivity index is 1.29. The number of aromatic nitrogens is 3. The lowest BCUT2D eigenvalue weighted by molar-refractivity contribution is -0.120. The van der Waals surface area contributed by atoms with Crippen molar-refractivity contribution in [3.8, 4) is 11.3 Å². The molecule has 2 aliphatic rings. The predicted molar refractivity (Wildman–Crippen MR) is 165 cm³/mol. The second-order valence-electron chi connectivity index (χ2n) is 11.4. The maximum absolute atomic E-state index is 13.5. The van der Waals surface area contributed by atoms with E-state index in [2.05, 4.69) is 21.3 Å². The van der Waals surface area contributed by atoms with E-state index in [4.69, 9.17) is 21.3 Å². The fourth-order valence-corrected chi connectivity index (χ4v) is 6.30. The van der Waals surface area contributed by atoms with Gasteiger partial charge in [0.25, 0.3) is 5.56 Å². The summed E-state index contributed by atoms with van der Waals surface area (Å²) in [7, 11) is 0. The molecule has 2 aromatic heterocycles. The molecule has 9 heteroatoms. The van der Waals surface area contributed by atoms with Crippen LogP contribution in [0.1, 0.15) is 71.1 Å². The normalized spacial score (nSPS) is 18.0. The molecule has 0 spiro atoms. The molecule has 41 heavy (non-hydrogen) atoms. The highest BCUT2D eigenvalue weighted by Gasteiger charge is 2.32. The van der Waals surface area contributed by atoms with Gasteiger partial charge in [0.15, 0.2) is 5.78 Å². The van der Waals surface area contributed by atoms with Crippen LogP contribution in [0.4, 0.5) is 5.82 Å². The van der Waals surface area contributed by atoms with E-state index in [0.29, 0.717) is 23.0 Å². The maximum atomic E-state index is 13.5. The summed E-state index contributed by atoms with van der Waals surface area (Å²) in [5, 5.41) is 0.664. The molecule has 0 bridgehead atoms. The minimum absolute atomic E-state index is 0.118. The number of ether oxygens (including phenoxy) is 1. The van der Waals surface area contributed by atoms with Gasteiger partial charge in [-0.25, -0.2) is 4.98 Å². The molecule has 0 amide bonds. The van der Waals surface area contributed by atoms with Crippen LogP contribution in [0.15, 0.2) is 41.3 Å². The number of nitrogens with zero attached hydrogens (tertiary/aromatic N) is 5. The number of unbranched alkanes of at least 4 members (excludes halogenated alkanes) is 5. The Labute approximate surface area is 248 Å². The molecular formula is C32H44ClN5O3. The zero-order valence-corrected chi connectivity index (χ0v) is 25.2. The summed E-state index contributed by atoms with van der Waals surface area (Å²) in [6.07, 6.45) is 11.7. The smallest absolute Gasteiger partial charge is 0.261 e. The lowest BCUT2D eigenvalue weighted by Gasteiger charge is -2.29. The van der Waals surface area contributed by atoms with E-state index in [1.165, 1.54) is 6.42 Å². The molecule has 0 radical (unpaired) electrons. The van der Waals surface area contributed by atoms with Crippen LogP contribution in [0, 0.1) is 0 Å². The van der Waals surface area contributed by atoms with Crippen molar-refractivity contribution in [2.24, 2.45) is 0 Å². The standard InChI is InChI=1S/C32H44ClN5O3/c1-2-3-7-17-37-30(23-31(40)38-24-27(34-32(37)38)25-12-14-26(33)15-13-25)36-18-9-10-28(36)29(39)11-6-4-5-8-16-35-19-21-41-22-20-35/h12-15,23-24,28H,2-11,16-22H2,1H3/t28-/m0/s1. The molecule has 3 aromatic rings. The van der Waals surface area contributed by atoms with Crippen molar-refractivity contribution in [3.63, 3.8) is 0 Å². The molecule has 4 heterocycles. The Kier molecular flexibility index (Phi) is 10.5. The van der Waals surface area contributed by atoms with Gasteiger partial charge in [0.05, 0.1) is 24.9 Å². The van der Waals surface area contributed by atoms with Crippen LogP contribution in [0.3, 0.4) is 0 Å². The average Bonchev–Trinajstić information content (AvgIpc) is 3.66. The van der Waals surface area contributed by atoms with Gasteiger partial charge in [0.1, 0.15) is 5.82 Å². The summed E-state index contributed by atoms with van der Waals surface area (Å²) in [4.78, 5) is 36.4. The molecule has 0 N–H and O–H groups in total. The molecule has 222 valence electrons. The Morgan fingerprint density at radius 1 is 1.00 bits per heavy atom. The first kappa shape index (κ1) is 29.8. The number of ketones is 1. The Hall–Kier alpha value is -2.68. The lowest BCUT2D eigenvalue weighted by atomic mass is 10.0. The van der Waals surface area contributed by atoms with Crippen LogP contribution in [0.25, 0.3) is 17.0 Å². The second-order valence-corrected chi connectivity index (χ2v) is 11.9. The number of anilines is 1. The van der Waals surface area contributed by atoms with Crippen molar-refractivity contribution in [2.45, 2.75) is 83.7 Å². The maximum Gasteiger partial charge on any atom is 0.261 e. The average molecular weight is 582 g/mol. The summed E-state index contributed by atoms with van der Waals surface area (Å²) in [5.74, 6) is 1.76. The Bertz CT molecular complexity index is 1350. The summed E-state index contributed by atoms with van der Waals surface area (Å²) in [5.41, 5.74) is 1.54. The van der Waals surface area contributed by atoms with Crippen LogP contribution in [-0.2, 0) is 16.1 Å². The number of morpholine rings is 1. The van der Waals surface area contributed by atoms with Crippen LogP contribution in [0.5, 0.6) is 0 Å². The van der Waals surface area contributed by atoms with Gasteiger partial charge < -0.3 is 9.64 Å². The van der Waals surface area contributed by atoms with Crippen molar-refractivity contribution < 1.29 is 9.53 Å². The molecule has 5 rings (SSSR count). The van der Waals surface area contributed by atoms with Crippen molar-refractivity contribution in [1.82, 2.24) is 18.9 Å². The second kappa shape index (κ2) is 14.5. The van der Waals surface area contributed by atoms with Crippen LogP contribution in [-0.4, -0.2) is 70.1 Å². The molecule has 0 saturated carbocycles.